The molecule has 35 heavy (non-hydrogen) atoms. The number of benzene rings is 2. The zero-order chi connectivity index (χ0) is 25.0. The van der Waals surface area contributed by atoms with Crippen molar-refractivity contribution in [1.29, 1.82) is 0 Å². The van der Waals surface area contributed by atoms with Gasteiger partial charge in [-0.1, -0.05) is 62.4 Å². The van der Waals surface area contributed by atoms with E-state index in [1.807, 2.05) is 65.3 Å². The van der Waals surface area contributed by atoms with Crippen LogP contribution in [0.1, 0.15) is 79.8 Å². The van der Waals surface area contributed by atoms with Crippen LogP contribution in [0.3, 0.4) is 0 Å². The second-order valence-corrected chi connectivity index (χ2v) is 9.89. The van der Waals surface area contributed by atoms with Crippen LogP contribution in [0.5, 0.6) is 5.75 Å². The molecule has 0 unspecified atom stereocenters. The number of ether oxygens (including phenoxy) is 1. The van der Waals surface area contributed by atoms with Gasteiger partial charge in [0.2, 0.25) is 5.91 Å². The van der Waals surface area contributed by atoms with E-state index < -0.39 is 0 Å². The molecule has 1 saturated heterocycles. The number of nitrogens with zero attached hydrogens (tertiary/aromatic N) is 2. The highest BCUT2D eigenvalue weighted by Crippen LogP contribution is 2.23. The van der Waals surface area contributed by atoms with Crippen LogP contribution >= 0.6 is 0 Å². The quantitative estimate of drug-likeness (QED) is 0.339. The summed E-state index contributed by atoms with van der Waals surface area (Å²) in [5.41, 5.74) is 3.04. The lowest BCUT2D eigenvalue weighted by Crippen LogP contribution is -2.42. The molecule has 0 spiro atoms. The van der Waals surface area contributed by atoms with Gasteiger partial charge in [0.1, 0.15) is 5.75 Å². The normalized spacial score (nSPS) is 14.1. The van der Waals surface area contributed by atoms with E-state index in [1.165, 1.54) is 19.3 Å². The molecular weight excluding hydrogens is 436 g/mol. The minimum Gasteiger partial charge on any atom is -0.497 e. The predicted molar refractivity (Wildman–Crippen MR) is 142 cm³/mol. The first kappa shape index (κ1) is 26.8. The van der Waals surface area contributed by atoms with Gasteiger partial charge < -0.3 is 14.5 Å². The lowest BCUT2D eigenvalue weighted by Gasteiger charge is -2.35. The summed E-state index contributed by atoms with van der Waals surface area (Å²) in [7, 11) is 1.67. The van der Waals surface area contributed by atoms with E-state index in [-0.39, 0.29) is 11.8 Å². The van der Waals surface area contributed by atoms with Gasteiger partial charge in [-0.25, -0.2) is 0 Å². The van der Waals surface area contributed by atoms with Crippen LogP contribution in [0.4, 0.5) is 0 Å². The molecule has 5 nitrogen and oxygen atoms in total. The van der Waals surface area contributed by atoms with E-state index >= 15 is 0 Å². The van der Waals surface area contributed by atoms with Crippen molar-refractivity contribution in [3.8, 4) is 5.75 Å². The number of hydrogen-bond acceptors (Lipinski definition) is 3. The minimum atomic E-state index is 0.113. The third-order valence-electron chi connectivity index (χ3n) is 7.06. The Morgan fingerprint density at radius 3 is 2.23 bits per heavy atom. The number of likely N-dealkylation sites (tertiary alicyclic amines) is 1. The molecule has 1 aliphatic heterocycles. The molecule has 1 heterocycles. The van der Waals surface area contributed by atoms with Crippen molar-refractivity contribution in [1.82, 2.24) is 9.80 Å². The first-order chi connectivity index (χ1) is 17.0. The Labute approximate surface area is 211 Å². The smallest absolute Gasteiger partial charge is 0.253 e. The van der Waals surface area contributed by atoms with Crippen molar-refractivity contribution in [2.24, 2.45) is 5.92 Å². The monoisotopic (exact) mass is 478 g/mol. The maximum Gasteiger partial charge on any atom is 0.253 e. The number of rotatable bonds is 12. The highest BCUT2D eigenvalue weighted by molar-refractivity contribution is 5.94. The van der Waals surface area contributed by atoms with Crippen LogP contribution in [0.25, 0.3) is 0 Å². The molecule has 0 bridgehead atoms. The van der Waals surface area contributed by atoms with Gasteiger partial charge in [0.05, 0.1) is 7.11 Å². The second-order valence-electron chi connectivity index (χ2n) is 9.89. The van der Waals surface area contributed by atoms with Crippen LogP contribution in [0.15, 0.2) is 48.5 Å². The Balaban J connectivity index is 1.57. The van der Waals surface area contributed by atoms with Gasteiger partial charge in [0.15, 0.2) is 0 Å². The zero-order valence-corrected chi connectivity index (χ0v) is 21.8. The third-order valence-corrected chi connectivity index (χ3v) is 7.06. The van der Waals surface area contributed by atoms with Crippen LogP contribution in [-0.4, -0.2) is 48.4 Å². The number of carbonyl (C=O) groups is 2. The highest BCUT2D eigenvalue weighted by atomic mass is 16.5. The standard InChI is InChI=1S/C30H42N2O3/c1-4-5-6-7-8-9-29(33)32(22-25-12-16-28(35-3)17-13-25)23-26-18-20-31(21-19-26)30(34)27-14-10-24(2)11-15-27/h10-17,26H,4-9,18-23H2,1-3H3. The van der Waals surface area contributed by atoms with Gasteiger partial charge >= 0.3 is 0 Å². The molecule has 0 aromatic heterocycles. The van der Waals surface area contributed by atoms with Gasteiger partial charge in [0, 0.05) is 38.2 Å². The molecule has 1 aliphatic rings. The van der Waals surface area contributed by atoms with Crippen molar-refractivity contribution in [3.05, 3.63) is 65.2 Å². The molecule has 0 radical (unpaired) electrons. The van der Waals surface area contributed by atoms with E-state index in [9.17, 15) is 9.59 Å². The van der Waals surface area contributed by atoms with Gasteiger partial charge in [0.25, 0.3) is 5.91 Å². The topological polar surface area (TPSA) is 49.9 Å². The summed E-state index contributed by atoms with van der Waals surface area (Å²) < 4.78 is 5.28. The molecule has 2 aromatic carbocycles. The Morgan fingerprint density at radius 1 is 0.943 bits per heavy atom. The molecule has 0 atom stereocenters. The molecule has 3 rings (SSSR count). The molecule has 1 fully saturated rings. The SMILES string of the molecule is CCCCCCCC(=O)N(Cc1ccc(OC)cc1)CC1CCN(C(=O)c2ccc(C)cc2)CC1. The van der Waals surface area contributed by atoms with E-state index in [0.717, 1.165) is 67.8 Å². The average Bonchev–Trinajstić information content (AvgIpc) is 2.89. The fraction of sp³-hybridized carbons (Fsp3) is 0.533. The van der Waals surface area contributed by atoms with Crippen molar-refractivity contribution >= 4 is 11.8 Å². The Hall–Kier alpha value is -2.82. The van der Waals surface area contributed by atoms with Gasteiger partial charge in [-0.05, 0) is 61.9 Å². The molecule has 2 amide bonds. The highest BCUT2D eigenvalue weighted by Gasteiger charge is 2.26. The summed E-state index contributed by atoms with van der Waals surface area (Å²) in [6.07, 6.45) is 8.21. The number of aryl methyl sites for hydroxylation is 1. The average molecular weight is 479 g/mol. The Kier molecular flexibility index (Phi) is 10.6. The number of hydrogen-bond donors (Lipinski definition) is 0. The lowest BCUT2D eigenvalue weighted by atomic mass is 9.95. The summed E-state index contributed by atoms with van der Waals surface area (Å²) in [6.45, 7) is 7.12. The first-order valence-corrected chi connectivity index (χ1v) is 13.3. The molecule has 0 saturated carbocycles. The van der Waals surface area contributed by atoms with Crippen LogP contribution in [-0.2, 0) is 11.3 Å². The summed E-state index contributed by atoms with van der Waals surface area (Å²) in [5, 5.41) is 0. The maximum absolute atomic E-state index is 13.2. The largest absolute Gasteiger partial charge is 0.497 e. The Morgan fingerprint density at radius 2 is 1.60 bits per heavy atom. The summed E-state index contributed by atoms with van der Waals surface area (Å²) >= 11 is 0. The number of methoxy groups -OCH3 is 1. The molecule has 0 aliphatic carbocycles. The van der Waals surface area contributed by atoms with E-state index in [1.54, 1.807) is 7.11 Å². The van der Waals surface area contributed by atoms with Crippen LogP contribution < -0.4 is 4.74 Å². The summed E-state index contributed by atoms with van der Waals surface area (Å²) in [4.78, 5) is 30.1. The lowest BCUT2D eigenvalue weighted by molar-refractivity contribution is -0.132. The Bertz CT molecular complexity index is 916. The summed E-state index contributed by atoms with van der Waals surface area (Å²) in [5.74, 6) is 1.60. The van der Waals surface area contributed by atoms with Gasteiger partial charge in [-0.15, -0.1) is 0 Å². The molecule has 2 aromatic rings. The fourth-order valence-electron chi connectivity index (χ4n) is 4.75. The summed E-state index contributed by atoms with van der Waals surface area (Å²) in [6, 6.07) is 15.8. The van der Waals surface area contributed by atoms with E-state index in [0.29, 0.717) is 18.9 Å². The number of piperidine rings is 1. The van der Waals surface area contributed by atoms with E-state index in [4.69, 9.17) is 4.74 Å². The maximum atomic E-state index is 13.2. The third kappa shape index (κ3) is 8.41. The molecular formula is C30H42N2O3. The van der Waals surface area contributed by atoms with Gasteiger partial charge in [-0.2, -0.15) is 0 Å². The molecule has 190 valence electrons. The number of amides is 2. The first-order valence-electron chi connectivity index (χ1n) is 13.3. The van der Waals surface area contributed by atoms with Gasteiger partial charge in [-0.3, -0.25) is 9.59 Å². The zero-order valence-electron chi connectivity index (χ0n) is 21.8. The molecule has 0 N–H and O–H groups in total. The predicted octanol–water partition coefficient (Wildman–Crippen LogP) is 6.25. The molecule has 5 heteroatoms. The van der Waals surface area contributed by atoms with Crippen molar-refractivity contribution in [3.63, 3.8) is 0 Å². The number of carbonyl (C=O) groups excluding carboxylic acids is 2. The van der Waals surface area contributed by atoms with E-state index in [2.05, 4.69) is 6.92 Å². The van der Waals surface area contributed by atoms with Crippen molar-refractivity contribution in [2.45, 2.75) is 71.8 Å². The number of unbranched alkanes of at least 4 members (excludes halogenated alkanes) is 4. The van der Waals surface area contributed by atoms with Crippen molar-refractivity contribution in [2.75, 3.05) is 26.7 Å². The second kappa shape index (κ2) is 13.9. The van der Waals surface area contributed by atoms with Crippen LogP contribution in [0.2, 0.25) is 0 Å². The van der Waals surface area contributed by atoms with Crippen LogP contribution in [0, 0.1) is 12.8 Å². The fourth-order valence-corrected chi connectivity index (χ4v) is 4.75. The minimum absolute atomic E-state index is 0.113. The van der Waals surface area contributed by atoms with Crippen molar-refractivity contribution < 1.29 is 14.3 Å².